The first kappa shape index (κ1) is 13.8. The van der Waals surface area contributed by atoms with Crippen molar-refractivity contribution in [2.75, 3.05) is 0 Å². The highest BCUT2D eigenvalue weighted by Crippen LogP contribution is 2.28. The minimum absolute atomic E-state index is 0.0451. The van der Waals surface area contributed by atoms with Crippen molar-refractivity contribution in [1.29, 1.82) is 0 Å². The molecular weight excluding hydrogens is 290 g/mol. The minimum atomic E-state index is -3.85. The summed E-state index contributed by atoms with van der Waals surface area (Å²) in [5.74, 6) is 0.780. The Morgan fingerprint density at radius 1 is 1.42 bits per heavy atom. The van der Waals surface area contributed by atoms with Crippen molar-refractivity contribution < 1.29 is 13.2 Å². The molecule has 0 bridgehead atoms. The molecule has 0 aliphatic rings. The molecule has 0 unspecified atom stereocenters. The van der Waals surface area contributed by atoms with Gasteiger partial charge in [-0.3, -0.25) is 4.68 Å². The first-order chi connectivity index (χ1) is 8.88. The van der Waals surface area contributed by atoms with E-state index in [1.165, 1.54) is 12.4 Å². The topological polar surface area (TPSA) is 74.1 Å². The number of hydrogen-bond donors (Lipinski definition) is 0. The Morgan fingerprint density at radius 2 is 2.16 bits per heavy atom. The molecule has 102 valence electrons. The van der Waals surface area contributed by atoms with Gasteiger partial charge in [0, 0.05) is 17.7 Å². The smallest absolute Gasteiger partial charge is 0.264 e. The van der Waals surface area contributed by atoms with Crippen LogP contribution in [0.15, 0.2) is 29.4 Å². The van der Waals surface area contributed by atoms with E-state index in [0.29, 0.717) is 5.82 Å². The van der Waals surface area contributed by atoms with Gasteiger partial charge in [-0.25, -0.2) is 13.4 Å². The summed E-state index contributed by atoms with van der Waals surface area (Å²) < 4.78 is 30.0. The number of aromatic nitrogens is 3. The molecule has 2 rings (SSSR count). The van der Waals surface area contributed by atoms with E-state index < -0.39 is 9.05 Å². The standard InChI is InChI=1S/C11H12ClN3O3S/c1-8-3-4-9(10(5-8)19(12,16)17)18-6-11-13-7-14-15(11)2/h3-5,7H,6H2,1-2H3. The number of ether oxygens (including phenoxy) is 1. The van der Waals surface area contributed by atoms with Gasteiger partial charge < -0.3 is 4.74 Å². The Kier molecular flexibility index (Phi) is 3.77. The number of benzene rings is 1. The average Bonchev–Trinajstić information content (AvgIpc) is 2.72. The molecule has 8 heteroatoms. The van der Waals surface area contributed by atoms with Crippen molar-refractivity contribution in [3.8, 4) is 5.75 Å². The Balaban J connectivity index is 2.28. The van der Waals surface area contributed by atoms with Gasteiger partial charge in [0.25, 0.3) is 9.05 Å². The molecule has 1 aromatic carbocycles. The van der Waals surface area contributed by atoms with Crippen molar-refractivity contribution in [3.63, 3.8) is 0 Å². The Morgan fingerprint density at radius 3 is 2.74 bits per heavy atom. The monoisotopic (exact) mass is 301 g/mol. The molecule has 0 saturated carbocycles. The largest absolute Gasteiger partial charge is 0.484 e. The van der Waals surface area contributed by atoms with Gasteiger partial charge in [0.2, 0.25) is 0 Å². The highest BCUT2D eigenvalue weighted by atomic mass is 35.7. The summed E-state index contributed by atoms with van der Waals surface area (Å²) in [7, 11) is 3.26. The highest BCUT2D eigenvalue weighted by molar-refractivity contribution is 8.13. The molecule has 0 saturated heterocycles. The summed E-state index contributed by atoms with van der Waals surface area (Å²) in [5.41, 5.74) is 0.783. The summed E-state index contributed by atoms with van der Waals surface area (Å²) in [5, 5.41) is 3.90. The molecule has 19 heavy (non-hydrogen) atoms. The molecule has 0 amide bonds. The predicted molar refractivity (Wildman–Crippen MR) is 69.6 cm³/mol. The normalized spacial score (nSPS) is 11.5. The lowest BCUT2D eigenvalue weighted by Crippen LogP contribution is -2.06. The van der Waals surface area contributed by atoms with Crippen molar-refractivity contribution in [3.05, 3.63) is 35.9 Å². The molecule has 1 aromatic heterocycles. The van der Waals surface area contributed by atoms with Crippen molar-refractivity contribution in [2.45, 2.75) is 18.4 Å². The summed E-state index contributed by atoms with van der Waals surface area (Å²) in [6.07, 6.45) is 1.40. The van der Waals surface area contributed by atoms with Crippen LogP contribution in [-0.2, 0) is 22.7 Å². The first-order valence-corrected chi connectivity index (χ1v) is 7.70. The van der Waals surface area contributed by atoms with E-state index in [-0.39, 0.29) is 17.3 Å². The van der Waals surface area contributed by atoms with Crippen LogP contribution in [0, 0.1) is 6.92 Å². The highest BCUT2D eigenvalue weighted by Gasteiger charge is 2.17. The maximum absolute atomic E-state index is 11.5. The van der Waals surface area contributed by atoms with Crippen LogP contribution in [0.5, 0.6) is 5.75 Å². The lowest BCUT2D eigenvalue weighted by molar-refractivity contribution is 0.282. The quantitative estimate of drug-likeness (QED) is 0.802. The Bertz CT molecular complexity index is 697. The fourth-order valence-electron chi connectivity index (χ4n) is 1.52. The fourth-order valence-corrected chi connectivity index (χ4v) is 2.57. The Hall–Kier alpha value is -1.60. The number of nitrogens with zero attached hydrogens (tertiary/aromatic N) is 3. The van der Waals surface area contributed by atoms with E-state index in [4.69, 9.17) is 15.4 Å². The molecular formula is C11H12ClN3O3S. The van der Waals surface area contributed by atoms with Crippen LogP contribution in [0.3, 0.4) is 0 Å². The predicted octanol–water partition coefficient (Wildman–Crippen LogP) is 1.63. The third-order valence-electron chi connectivity index (χ3n) is 2.52. The molecule has 0 aliphatic carbocycles. The second-order valence-electron chi connectivity index (χ2n) is 3.98. The summed E-state index contributed by atoms with van der Waals surface area (Å²) in [4.78, 5) is 3.94. The summed E-state index contributed by atoms with van der Waals surface area (Å²) in [6.45, 7) is 1.89. The zero-order chi connectivity index (χ0) is 14.0. The SMILES string of the molecule is Cc1ccc(OCc2ncnn2C)c(S(=O)(=O)Cl)c1. The molecule has 2 aromatic rings. The minimum Gasteiger partial charge on any atom is -0.484 e. The number of rotatable bonds is 4. The van der Waals surface area contributed by atoms with Crippen molar-refractivity contribution >= 4 is 19.7 Å². The molecule has 0 radical (unpaired) electrons. The lowest BCUT2D eigenvalue weighted by Gasteiger charge is -2.09. The van der Waals surface area contributed by atoms with E-state index in [2.05, 4.69) is 10.1 Å². The van der Waals surface area contributed by atoms with E-state index in [0.717, 1.165) is 5.56 Å². The van der Waals surface area contributed by atoms with Gasteiger partial charge in [-0.2, -0.15) is 5.10 Å². The van der Waals surface area contributed by atoms with Crippen LogP contribution in [-0.4, -0.2) is 23.2 Å². The molecule has 1 heterocycles. The molecule has 0 aliphatic heterocycles. The number of hydrogen-bond acceptors (Lipinski definition) is 5. The third kappa shape index (κ3) is 3.24. The zero-order valence-corrected chi connectivity index (χ0v) is 11.9. The maximum atomic E-state index is 11.5. The fraction of sp³-hybridized carbons (Fsp3) is 0.273. The molecule has 0 N–H and O–H groups in total. The van der Waals surface area contributed by atoms with Gasteiger partial charge in [-0.15, -0.1) is 0 Å². The first-order valence-electron chi connectivity index (χ1n) is 5.39. The molecule has 0 fully saturated rings. The van der Waals surface area contributed by atoms with Gasteiger partial charge in [0.1, 0.15) is 23.6 Å². The molecule has 6 nitrogen and oxygen atoms in total. The zero-order valence-electron chi connectivity index (χ0n) is 10.4. The molecule has 0 spiro atoms. The van der Waals surface area contributed by atoms with E-state index in [1.54, 1.807) is 30.8 Å². The van der Waals surface area contributed by atoms with Crippen molar-refractivity contribution in [2.24, 2.45) is 7.05 Å². The maximum Gasteiger partial charge on any atom is 0.264 e. The van der Waals surface area contributed by atoms with Crippen LogP contribution in [0.25, 0.3) is 0 Å². The van der Waals surface area contributed by atoms with E-state index >= 15 is 0 Å². The second kappa shape index (κ2) is 5.18. The number of halogens is 1. The van der Waals surface area contributed by atoms with Gasteiger partial charge >= 0.3 is 0 Å². The second-order valence-corrected chi connectivity index (χ2v) is 6.51. The summed E-state index contributed by atoms with van der Waals surface area (Å²) >= 11 is 0. The van der Waals surface area contributed by atoms with Crippen LogP contribution < -0.4 is 4.74 Å². The van der Waals surface area contributed by atoms with Gasteiger partial charge in [0.05, 0.1) is 0 Å². The number of aryl methyl sites for hydroxylation is 2. The van der Waals surface area contributed by atoms with Crippen LogP contribution >= 0.6 is 10.7 Å². The van der Waals surface area contributed by atoms with E-state index in [9.17, 15) is 8.42 Å². The lowest BCUT2D eigenvalue weighted by atomic mass is 10.2. The third-order valence-corrected chi connectivity index (χ3v) is 3.87. The Labute approximate surface area is 115 Å². The summed E-state index contributed by atoms with van der Waals surface area (Å²) in [6, 6.07) is 4.78. The van der Waals surface area contributed by atoms with Gasteiger partial charge in [0.15, 0.2) is 5.82 Å². The van der Waals surface area contributed by atoms with E-state index in [1.807, 2.05) is 0 Å². The molecule has 0 atom stereocenters. The van der Waals surface area contributed by atoms with Crippen LogP contribution in [0.4, 0.5) is 0 Å². The van der Waals surface area contributed by atoms with Crippen molar-refractivity contribution in [1.82, 2.24) is 14.8 Å². The van der Waals surface area contributed by atoms with Gasteiger partial charge in [-0.1, -0.05) is 6.07 Å². The van der Waals surface area contributed by atoms with Crippen LogP contribution in [0.2, 0.25) is 0 Å². The van der Waals surface area contributed by atoms with Gasteiger partial charge in [-0.05, 0) is 24.6 Å². The average molecular weight is 302 g/mol. The van der Waals surface area contributed by atoms with Crippen LogP contribution in [0.1, 0.15) is 11.4 Å².